The summed E-state index contributed by atoms with van der Waals surface area (Å²) in [6.45, 7) is 4.01. The molecule has 0 fully saturated rings. The van der Waals surface area contributed by atoms with Crippen LogP contribution in [0.15, 0.2) is 36.4 Å². The summed E-state index contributed by atoms with van der Waals surface area (Å²) in [6.07, 6.45) is 0. The first kappa shape index (κ1) is 20.6. The number of anilines is 1. The van der Waals surface area contributed by atoms with Crippen molar-refractivity contribution in [2.75, 3.05) is 32.2 Å². The molecule has 0 spiro atoms. The number of carbonyl (C=O) groups is 2. The summed E-state index contributed by atoms with van der Waals surface area (Å²) in [6, 6.07) is 10.3. The minimum atomic E-state index is -0.275. The summed E-state index contributed by atoms with van der Waals surface area (Å²) in [5, 5.41) is 3.43. The van der Waals surface area contributed by atoms with Crippen LogP contribution in [-0.4, -0.2) is 39.1 Å². The third-order valence-corrected chi connectivity index (χ3v) is 4.30. The van der Waals surface area contributed by atoms with Crippen LogP contribution in [0.25, 0.3) is 0 Å². The van der Waals surface area contributed by atoms with Crippen molar-refractivity contribution < 1.29 is 19.1 Å². The number of hydrogen-bond donors (Lipinski definition) is 1. The van der Waals surface area contributed by atoms with E-state index in [4.69, 9.17) is 21.1 Å². The van der Waals surface area contributed by atoms with Crippen LogP contribution in [0.3, 0.4) is 0 Å². The Bertz CT molecular complexity index is 816. The van der Waals surface area contributed by atoms with E-state index < -0.39 is 0 Å². The highest BCUT2D eigenvalue weighted by Crippen LogP contribution is 2.24. The maximum atomic E-state index is 12.4. The maximum absolute atomic E-state index is 12.4. The van der Waals surface area contributed by atoms with Crippen molar-refractivity contribution in [1.82, 2.24) is 5.32 Å². The number of carbonyl (C=O) groups excluding carboxylic acids is 2. The van der Waals surface area contributed by atoms with Crippen LogP contribution in [0, 0.1) is 6.92 Å². The second-order valence-electron chi connectivity index (χ2n) is 5.96. The van der Waals surface area contributed by atoms with Gasteiger partial charge in [0.2, 0.25) is 5.91 Å². The van der Waals surface area contributed by atoms with Gasteiger partial charge in [0.25, 0.3) is 5.91 Å². The lowest BCUT2D eigenvalue weighted by Crippen LogP contribution is -2.38. The zero-order valence-corrected chi connectivity index (χ0v) is 16.6. The van der Waals surface area contributed by atoms with Crippen LogP contribution < -0.4 is 19.7 Å². The number of methoxy groups -OCH3 is 2. The van der Waals surface area contributed by atoms with E-state index in [0.717, 1.165) is 11.3 Å². The van der Waals surface area contributed by atoms with Crippen molar-refractivity contribution in [3.8, 4) is 11.5 Å². The number of amides is 2. The monoisotopic (exact) mass is 390 g/mol. The van der Waals surface area contributed by atoms with Crippen LogP contribution in [0.2, 0.25) is 5.02 Å². The molecule has 27 heavy (non-hydrogen) atoms. The zero-order valence-electron chi connectivity index (χ0n) is 15.8. The zero-order chi connectivity index (χ0) is 20.0. The first-order valence-corrected chi connectivity index (χ1v) is 8.79. The molecule has 1 N–H and O–H groups in total. The van der Waals surface area contributed by atoms with E-state index in [1.165, 1.54) is 21.1 Å². The minimum Gasteiger partial charge on any atom is -0.497 e. The maximum Gasteiger partial charge on any atom is 0.251 e. The molecule has 6 nitrogen and oxygen atoms in total. The van der Waals surface area contributed by atoms with Crippen LogP contribution in [-0.2, 0) is 4.79 Å². The average molecular weight is 391 g/mol. The van der Waals surface area contributed by atoms with E-state index >= 15 is 0 Å². The van der Waals surface area contributed by atoms with E-state index in [2.05, 4.69) is 5.32 Å². The number of ether oxygens (including phenoxy) is 2. The molecule has 0 saturated heterocycles. The molecule has 0 saturated carbocycles. The van der Waals surface area contributed by atoms with E-state index in [0.29, 0.717) is 35.2 Å². The predicted molar refractivity (Wildman–Crippen MR) is 106 cm³/mol. The summed E-state index contributed by atoms with van der Waals surface area (Å²) >= 11 is 5.98. The Morgan fingerprint density at radius 2 is 1.70 bits per heavy atom. The number of benzene rings is 2. The van der Waals surface area contributed by atoms with Gasteiger partial charge in [0.15, 0.2) is 0 Å². The van der Waals surface area contributed by atoms with Crippen molar-refractivity contribution >= 4 is 29.1 Å². The lowest BCUT2D eigenvalue weighted by molar-refractivity contribution is -0.116. The molecule has 0 heterocycles. The van der Waals surface area contributed by atoms with Gasteiger partial charge in [0, 0.05) is 42.4 Å². The minimum absolute atomic E-state index is 0.113. The van der Waals surface area contributed by atoms with Crippen molar-refractivity contribution in [2.24, 2.45) is 0 Å². The number of rotatable bonds is 7. The summed E-state index contributed by atoms with van der Waals surface area (Å²) in [4.78, 5) is 26.1. The fourth-order valence-corrected chi connectivity index (χ4v) is 2.92. The van der Waals surface area contributed by atoms with Crippen LogP contribution in [0.4, 0.5) is 5.69 Å². The molecule has 0 unspecified atom stereocenters. The SMILES string of the molecule is COc1cc(OC)cc(C(=O)NCCN(C(C)=O)c2ccc(Cl)cc2C)c1. The number of aryl methyl sites for hydroxylation is 1. The van der Waals surface area contributed by atoms with Gasteiger partial charge in [-0.2, -0.15) is 0 Å². The third-order valence-electron chi connectivity index (χ3n) is 4.06. The fourth-order valence-electron chi connectivity index (χ4n) is 2.69. The van der Waals surface area contributed by atoms with Gasteiger partial charge in [0.05, 0.1) is 14.2 Å². The quantitative estimate of drug-likeness (QED) is 0.786. The largest absolute Gasteiger partial charge is 0.497 e. The number of nitrogens with zero attached hydrogens (tertiary/aromatic N) is 1. The highest BCUT2D eigenvalue weighted by molar-refractivity contribution is 6.30. The van der Waals surface area contributed by atoms with Crippen molar-refractivity contribution in [3.63, 3.8) is 0 Å². The van der Waals surface area contributed by atoms with E-state index in [1.54, 1.807) is 41.3 Å². The Hall–Kier alpha value is -2.73. The molecule has 0 radical (unpaired) electrons. The molecule has 2 rings (SSSR count). The first-order valence-electron chi connectivity index (χ1n) is 8.41. The van der Waals surface area contributed by atoms with Crippen molar-refractivity contribution in [3.05, 3.63) is 52.5 Å². The Labute approximate surface area is 164 Å². The molecule has 0 aliphatic rings. The summed E-state index contributed by atoms with van der Waals surface area (Å²) in [5.74, 6) is 0.671. The Morgan fingerprint density at radius 3 is 2.22 bits per heavy atom. The number of halogens is 1. The molecule has 2 aromatic rings. The molecular weight excluding hydrogens is 368 g/mol. The van der Waals surface area contributed by atoms with Crippen molar-refractivity contribution in [1.29, 1.82) is 0 Å². The molecule has 144 valence electrons. The Morgan fingerprint density at radius 1 is 1.07 bits per heavy atom. The third kappa shape index (κ3) is 5.37. The van der Waals surface area contributed by atoms with Gasteiger partial charge in [-0.3, -0.25) is 9.59 Å². The number of nitrogens with one attached hydrogen (secondary N) is 1. The fraction of sp³-hybridized carbons (Fsp3) is 0.300. The Balaban J connectivity index is 2.06. The summed E-state index contributed by atoms with van der Waals surface area (Å²) in [5.41, 5.74) is 2.08. The van der Waals surface area contributed by atoms with Gasteiger partial charge in [-0.15, -0.1) is 0 Å². The summed E-state index contributed by atoms with van der Waals surface area (Å²) in [7, 11) is 3.05. The lowest BCUT2D eigenvalue weighted by atomic mass is 10.1. The van der Waals surface area contributed by atoms with Crippen molar-refractivity contribution in [2.45, 2.75) is 13.8 Å². The standard InChI is InChI=1S/C20H23ClN2O4/c1-13-9-16(21)5-6-19(13)23(14(2)24)8-7-22-20(25)15-10-17(26-3)12-18(11-15)27-4/h5-6,9-12H,7-8H2,1-4H3,(H,22,25). The van der Waals surface area contributed by atoms with E-state index in [9.17, 15) is 9.59 Å². The summed E-state index contributed by atoms with van der Waals surface area (Å²) < 4.78 is 10.4. The average Bonchev–Trinajstić information content (AvgIpc) is 2.65. The molecule has 0 bridgehead atoms. The highest BCUT2D eigenvalue weighted by atomic mass is 35.5. The second kappa shape index (κ2) is 9.28. The van der Waals surface area contributed by atoms with E-state index in [-0.39, 0.29) is 11.8 Å². The molecular formula is C20H23ClN2O4. The first-order chi connectivity index (χ1) is 12.8. The van der Waals surface area contributed by atoms with Crippen LogP contribution in [0.1, 0.15) is 22.8 Å². The van der Waals surface area contributed by atoms with Crippen LogP contribution >= 0.6 is 11.6 Å². The van der Waals surface area contributed by atoms with Crippen LogP contribution in [0.5, 0.6) is 11.5 Å². The Kier molecular flexibility index (Phi) is 7.07. The lowest BCUT2D eigenvalue weighted by Gasteiger charge is -2.23. The van der Waals surface area contributed by atoms with Gasteiger partial charge in [-0.25, -0.2) is 0 Å². The molecule has 7 heteroatoms. The van der Waals surface area contributed by atoms with Gasteiger partial charge in [-0.1, -0.05) is 11.6 Å². The smallest absolute Gasteiger partial charge is 0.251 e. The van der Waals surface area contributed by atoms with Gasteiger partial charge >= 0.3 is 0 Å². The highest BCUT2D eigenvalue weighted by Gasteiger charge is 2.15. The van der Waals surface area contributed by atoms with Gasteiger partial charge in [-0.05, 0) is 42.8 Å². The van der Waals surface area contributed by atoms with E-state index in [1.807, 2.05) is 6.92 Å². The normalized spacial score (nSPS) is 10.3. The molecule has 2 aromatic carbocycles. The molecule has 0 aromatic heterocycles. The topological polar surface area (TPSA) is 67.9 Å². The predicted octanol–water partition coefficient (Wildman–Crippen LogP) is 3.45. The second-order valence-corrected chi connectivity index (χ2v) is 6.40. The molecule has 0 atom stereocenters. The molecule has 0 aliphatic heterocycles. The molecule has 2 amide bonds. The number of hydrogen-bond acceptors (Lipinski definition) is 4. The van der Waals surface area contributed by atoms with Gasteiger partial charge < -0.3 is 19.7 Å². The molecule has 0 aliphatic carbocycles. The van der Waals surface area contributed by atoms with Gasteiger partial charge in [0.1, 0.15) is 11.5 Å².